The molecular weight excluding hydrogens is 290 g/mol. The Hall–Kier alpha value is -2.43. The Labute approximate surface area is 135 Å². The van der Waals surface area contributed by atoms with E-state index >= 15 is 0 Å². The summed E-state index contributed by atoms with van der Waals surface area (Å²) in [6.07, 6.45) is 5.45. The van der Waals surface area contributed by atoms with Gasteiger partial charge in [-0.1, -0.05) is 6.07 Å². The number of hydrogen-bond donors (Lipinski definition) is 0. The minimum absolute atomic E-state index is 0.00100. The molecule has 0 radical (unpaired) electrons. The molecule has 3 heterocycles. The van der Waals surface area contributed by atoms with E-state index in [4.69, 9.17) is 0 Å². The fraction of sp³-hybridized carbons (Fsp3) is 0.389. The Kier molecular flexibility index (Phi) is 4.28. The molecule has 1 saturated heterocycles. The van der Waals surface area contributed by atoms with Crippen LogP contribution in [0.4, 0.5) is 0 Å². The second kappa shape index (κ2) is 6.36. The standard InChI is InChI=1S/C18H21N3O2/c1-13-3-4-15(11-19-13)14-7-9-21(10-8-14)18(23)16-5-6-17(22)20(2)12-16/h3-6,11-12,14H,7-10H2,1-2H3. The summed E-state index contributed by atoms with van der Waals surface area (Å²) in [6, 6.07) is 7.23. The van der Waals surface area contributed by atoms with E-state index in [1.54, 1.807) is 19.3 Å². The van der Waals surface area contributed by atoms with Crippen LogP contribution >= 0.6 is 0 Å². The van der Waals surface area contributed by atoms with Crippen molar-refractivity contribution in [2.45, 2.75) is 25.7 Å². The predicted octanol–water partition coefficient (Wildman–Crippen LogP) is 2.11. The molecule has 3 rings (SSSR count). The minimum Gasteiger partial charge on any atom is -0.339 e. The Morgan fingerprint density at radius 1 is 1.17 bits per heavy atom. The average Bonchev–Trinajstić information content (AvgIpc) is 2.57. The van der Waals surface area contributed by atoms with E-state index in [2.05, 4.69) is 11.1 Å². The molecule has 23 heavy (non-hydrogen) atoms. The smallest absolute Gasteiger partial charge is 0.255 e. The number of carbonyl (C=O) groups excluding carboxylic acids is 1. The van der Waals surface area contributed by atoms with Crippen molar-refractivity contribution in [1.82, 2.24) is 14.5 Å². The highest BCUT2D eigenvalue weighted by Crippen LogP contribution is 2.28. The highest BCUT2D eigenvalue weighted by molar-refractivity contribution is 5.94. The monoisotopic (exact) mass is 311 g/mol. The lowest BCUT2D eigenvalue weighted by atomic mass is 9.90. The molecule has 1 aliphatic rings. The van der Waals surface area contributed by atoms with Crippen LogP contribution in [0.25, 0.3) is 0 Å². The second-order valence-electron chi connectivity index (χ2n) is 6.17. The van der Waals surface area contributed by atoms with E-state index in [1.807, 2.05) is 24.1 Å². The van der Waals surface area contributed by atoms with Crippen molar-refractivity contribution in [3.63, 3.8) is 0 Å². The first-order chi connectivity index (χ1) is 11.0. The van der Waals surface area contributed by atoms with Crippen molar-refractivity contribution in [1.29, 1.82) is 0 Å². The van der Waals surface area contributed by atoms with Crippen molar-refractivity contribution in [3.05, 3.63) is 63.8 Å². The zero-order chi connectivity index (χ0) is 16.4. The van der Waals surface area contributed by atoms with Gasteiger partial charge in [0.1, 0.15) is 0 Å². The molecule has 0 saturated carbocycles. The van der Waals surface area contributed by atoms with E-state index < -0.39 is 0 Å². The number of hydrogen-bond acceptors (Lipinski definition) is 3. The van der Waals surface area contributed by atoms with E-state index in [-0.39, 0.29) is 11.5 Å². The van der Waals surface area contributed by atoms with E-state index in [0.29, 0.717) is 11.5 Å². The lowest BCUT2D eigenvalue weighted by Gasteiger charge is -2.32. The van der Waals surface area contributed by atoms with Gasteiger partial charge in [-0.05, 0) is 43.4 Å². The summed E-state index contributed by atoms with van der Waals surface area (Å²) < 4.78 is 1.44. The number of aromatic nitrogens is 2. The van der Waals surface area contributed by atoms with Crippen molar-refractivity contribution in [2.24, 2.45) is 7.05 Å². The number of aryl methyl sites for hydroxylation is 2. The number of likely N-dealkylation sites (tertiary alicyclic amines) is 1. The van der Waals surface area contributed by atoms with Crippen molar-refractivity contribution in [3.8, 4) is 0 Å². The third kappa shape index (κ3) is 3.33. The molecule has 0 aliphatic carbocycles. The van der Waals surface area contributed by atoms with Gasteiger partial charge in [-0.15, -0.1) is 0 Å². The van der Waals surface area contributed by atoms with Crippen LogP contribution in [0.15, 0.2) is 41.5 Å². The zero-order valence-electron chi connectivity index (χ0n) is 13.5. The fourth-order valence-corrected chi connectivity index (χ4v) is 3.04. The first-order valence-electron chi connectivity index (χ1n) is 7.93. The number of carbonyl (C=O) groups is 1. The van der Waals surface area contributed by atoms with Crippen LogP contribution in [-0.2, 0) is 7.05 Å². The molecular formula is C18H21N3O2. The Balaban J connectivity index is 1.66. The fourth-order valence-electron chi connectivity index (χ4n) is 3.04. The molecule has 0 aromatic carbocycles. The van der Waals surface area contributed by atoms with Gasteiger partial charge in [0.25, 0.3) is 5.91 Å². The van der Waals surface area contributed by atoms with E-state index in [9.17, 15) is 9.59 Å². The topological polar surface area (TPSA) is 55.2 Å². The molecule has 2 aromatic rings. The molecule has 0 bridgehead atoms. The number of pyridine rings is 2. The zero-order valence-corrected chi connectivity index (χ0v) is 13.5. The Bertz CT molecular complexity index is 757. The number of nitrogens with zero attached hydrogens (tertiary/aromatic N) is 3. The van der Waals surface area contributed by atoms with Crippen molar-refractivity contribution < 1.29 is 4.79 Å². The summed E-state index contributed by atoms with van der Waals surface area (Å²) in [5.41, 5.74) is 2.75. The van der Waals surface area contributed by atoms with Crippen LogP contribution in [0.5, 0.6) is 0 Å². The molecule has 1 amide bonds. The van der Waals surface area contributed by atoms with Crippen molar-refractivity contribution in [2.75, 3.05) is 13.1 Å². The SMILES string of the molecule is Cc1ccc(C2CCN(C(=O)c3ccc(=O)n(C)c3)CC2)cn1. The third-order valence-corrected chi connectivity index (χ3v) is 4.52. The summed E-state index contributed by atoms with van der Waals surface area (Å²) in [6.45, 7) is 3.46. The van der Waals surface area contributed by atoms with Crippen LogP contribution in [0, 0.1) is 6.92 Å². The molecule has 0 N–H and O–H groups in total. The van der Waals surface area contributed by atoms with E-state index in [1.165, 1.54) is 16.2 Å². The van der Waals surface area contributed by atoms with Gasteiger partial charge >= 0.3 is 0 Å². The maximum atomic E-state index is 12.5. The second-order valence-corrected chi connectivity index (χ2v) is 6.17. The first-order valence-corrected chi connectivity index (χ1v) is 7.93. The maximum absolute atomic E-state index is 12.5. The lowest BCUT2D eigenvalue weighted by molar-refractivity contribution is 0.0712. The number of amides is 1. The van der Waals surface area contributed by atoms with Gasteiger partial charge in [0.2, 0.25) is 5.56 Å². The van der Waals surface area contributed by atoms with Gasteiger partial charge in [0.15, 0.2) is 0 Å². The molecule has 5 nitrogen and oxygen atoms in total. The Morgan fingerprint density at radius 3 is 2.52 bits per heavy atom. The largest absolute Gasteiger partial charge is 0.339 e. The van der Waals surface area contributed by atoms with Crippen LogP contribution in [-0.4, -0.2) is 33.4 Å². The molecule has 1 fully saturated rings. The summed E-state index contributed by atoms with van der Waals surface area (Å²) in [7, 11) is 1.66. The molecule has 5 heteroatoms. The number of rotatable bonds is 2. The molecule has 120 valence electrons. The number of piperidine rings is 1. The maximum Gasteiger partial charge on any atom is 0.255 e. The van der Waals surface area contributed by atoms with Gasteiger partial charge < -0.3 is 9.47 Å². The summed E-state index contributed by atoms with van der Waals surface area (Å²) in [5, 5.41) is 0. The van der Waals surface area contributed by atoms with Gasteiger partial charge in [0, 0.05) is 44.3 Å². The minimum atomic E-state index is -0.105. The summed E-state index contributed by atoms with van der Waals surface area (Å²) in [4.78, 5) is 30.2. The molecule has 0 atom stereocenters. The predicted molar refractivity (Wildman–Crippen MR) is 88.5 cm³/mol. The lowest BCUT2D eigenvalue weighted by Crippen LogP contribution is -2.38. The van der Waals surface area contributed by atoms with Crippen LogP contribution < -0.4 is 5.56 Å². The van der Waals surface area contributed by atoms with Gasteiger partial charge in [-0.2, -0.15) is 0 Å². The van der Waals surface area contributed by atoms with Gasteiger partial charge in [0.05, 0.1) is 5.56 Å². The van der Waals surface area contributed by atoms with Crippen LogP contribution in [0.1, 0.15) is 40.4 Å². The quantitative estimate of drug-likeness (QED) is 0.853. The molecule has 0 spiro atoms. The first kappa shape index (κ1) is 15.5. The normalized spacial score (nSPS) is 15.7. The van der Waals surface area contributed by atoms with Gasteiger partial charge in [-0.25, -0.2) is 0 Å². The third-order valence-electron chi connectivity index (χ3n) is 4.52. The van der Waals surface area contributed by atoms with Crippen LogP contribution in [0.2, 0.25) is 0 Å². The highest BCUT2D eigenvalue weighted by atomic mass is 16.2. The highest BCUT2D eigenvalue weighted by Gasteiger charge is 2.24. The summed E-state index contributed by atoms with van der Waals surface area (Å²) >= 11 is 0. The average molecular weight is 311 g/mol. The van der Waals surface area contributed by atoms with Gasteiger partial charge in [-0.3, -0.25) is 14.6 Å². The molecule has 0 unspecified atom stereocenters. The Morgan fingerprint density at radius 2 is 1.91 bits per heavy atom. The van der Waals surface area contributed by atoms with Crippen molar-refractivity contribution >= 4 is 5.91 Å². The molecule has 2 aromatic heterocycles. The molecule has 1 aliphatic heterocycles. The van der Waals surface area contributed by atoms with Crippen LogP contribution in [0.3, 0.4) is 0 Å². The van der Waals surface area contributed by atoms with E-state index in [0.717, 1.165) is 31.6 Å². The summed E-state index contributed by atoms with van der Waals surface area (Å²) in [5.74, 6) is 0.466.